The van der Waals surface area contributed by atoms with E-state index in [1.165, 1.54) is 11.6 Å². The van der Waals surface area contributed by atoms with Crippen LogP contribution in [0.3, 0.4) is 0 Å². The van der Waals surface area contributed by atoms with E-state index in [2.05, 4.69) is 24.0 Å². The lowest BCUT2D eigenvalue weighted by molar-refractivity contribution is 0.599. The molecular formula is C18H23FN2. The Bertz CT molecular complexity index is 542. The zero-order valence-electron chi connectivity index (χ0n) is 12.5. The number of anilines is 1. The second-order valence-corrected chi connectivity index (χ2v) is 5.22. The molecule has 0 aromatic heterocycles. The third kappa shape index (κ3) is 4.57. The highest BCUT2D eigenvalue weighted by molar-refractivity contribution is 5.46. The minimum atomic E-state index is -0.188. The Morgan fingerprint density at radius 3 is 2.52 bits per heavy atom. The number of benzene rings is 2. The van der Waals surface area contributed by atoms with Gasteiger partial charge in [-0.2, -0.15) is 0 Å². The van der Waals surface area contributed by atoms with E-state index in [9.17, 15) is 4.39 Å². The summed E-state index contributed by atoms with van der Waals surface area (Å²) in [6.07, 6.45) is 1.91. The molecule has 0 saturated heterocycles. The SMILES string of the molecule is CCN(CCCC(N)c1ccccc1)c1cccc(F)c1. The predicted molar refractivity (Wildman–Crippen MR) is 86.9 cm³/mol. The zero-order chi connectivity index (χ0) is 15.1. The molecule has 0 aliphatic rings. The summed E-state index contributed by atoms with van der Waals surface area (Å²) in [5.74, 6) is -0.188. The van der Waals surface area contributed by atoms with E-state index in [4.69, 9.17) is 5.73 Å². The van der Waals surface area contributed by atoms with Crippen molar-refractivity contribution in [1.29, 1.82) is 0 Å². The van der Waals surface area contributed by atoms with E-state index in [-0.39, 0.29) is 11.9 Å². The fourth-order valence-electron chi connectivity index (χ4n) is 2.51. The summed E-state index contributed by atoms with van der Waals surface area (Å²) in [4.78, 5) is 2.18. The van der Waals surface area contributed by atoms with Crippen molar-refractivity contribution in [2.45, 2.75) is 25.8 Å². The van der Waals surface area contributed by atoms with Gasteiger partial charge in [0.15, 0.2) is 0 Å². The van der Waals surface area contributed by atoms with Crippen LogP contribution < -0.4 is 10.6 Å². The number of nitrogens with two attached hydrogens (primary N) is 1. The molecule has 2 aromatic carbocycles. The zero-order valence-corrected chi connectivity index (χ0v) is 12.5. The lowest BCUT2D eigenvalue weighted by atomic mass is 10.0. The topological polar surface area (TPSA) is 29.3 Å². The Labute approximate surface area is 126 Å². The summed E-state index contributed by atoms with van der Waals surface area (Å²) >= 11 is 0. The third-order valence-corrected chi connectivity index (χ3v) is 3.73. The van der Waals surface area contributed by atoms with Gasteiger partial charge in [0.25, 0.3) is 0 Å². The lowest BCUT2D eigenvalue weighted by Crippen LogP contribution is -2.25. The predicted octanol–water partition coefficient (Wildman–Crippen LogP) is 4.13. The fourth-order valence-corrected chi connectivity index (χ4v) is 2.51. The van der Waals surface area contributed by atoms with Gasteiger partial charge in [-0.15, -0.1) is 0 Å². The van der Waals surface area contributed by atoms with E-state index < -0.39 is 0 Å². The Balaban J connectivity index is 1.86. The van der Waals surface area contributed by atoms with Gasteiger partial charge in [0, 0.05) is 24.8 Å². The van der Waals surface area contributed by atoms with E-state index in [1.54, 1.807) is 12.1 Å². The summed E-state index contributed by atoms with van der Waals surface area (Å²) in [7, 11) is 0. The van der Waals surface area contributed by atoms with Crippen molar-refractivity contribution >= 4 is 5.69 Å². The maximum atomic E-state index is 13.3. The van der Waals surface area contributed by atoms with Gasteiger partial charge in [0.2, 0.25) is 0 Å². The molecule has 3 heteroatoms. The van der Waals surface area contributed by atoms with Crippen LogP contribution in [0.25, 0.3) is 0 Å². The Kier molecular flexibility index (Phi) is 5.76. The molecule has 2 aromatic rings. The molecule has 0 amide bonds. The van der Waals surface area contributed by atoms with Crippen LogP contribution >= 0.6 is 0 Å². The van der Waals surface area contributed by atoms with Crippen LogP contribution in [-0.2, 0) is 0 Å². The molecule has 1 unspecified atom stereocenters. The van der Waals surface area contributed by atoms with Crippen LogP contribution in [0.15, 0.2) is 54.6 Å². The van der Waals surface area contributed by atoms with Gasteiger partial charge >= 0.3 is 0 Å². The highest BCUT2D eigenvalue weighted by atomic mass is 19.1. The maximum absolute atomic E-state index is 13.3. The Hall–Kier alpha value is -1.87. The monoisotopic (exact) mass is 286 g/mol. The molecule has 2 nitrogen and oxygen atoms in total. The summed E-state index contributed by atoms with van der Waals surface area (Å²) in [5, 5.41) is 0. The molecule has 2 N–H and O–H groups in total. The molecule has 0 heterocycles. The number of hydrogen-bond donors (Lipinski definition) is 1. The van der Waals surface area contributed by atoms with Crippen molar-refractivity contribution in [1.82, 2.24) is 0 Å². The van der Waals surface area contributed by atoms with Crippen LogP contribution in [0.2, 0.25) is 0 Å². The smallest absolute Gasteiger partial charge is 0.125 e. The van der Waals surface area contributed by atoms with Gasteiger partial charge in [-0.3, -0.25) is 0 Å². The van der Waals surface area contributed by atoms with Crippen molar-refractivity contribution in [3.63, 3.8) is 0 Å². The first-order chi connectivity index (χ1) is 10.2. The van der Waals surface area contributed by atoms with E-state index in [0.29, 0.717) is 0 Å². The molecule has 0 radical (unpaired) electrons. The quantitative estimate of drug-likeness (QED) is 0.829. The molecule has 0 aliphatic carbocycles. The first-order valence-electron chi connectivity index (χ1n) is 7.51. The van der Waals surface area contributed by atoms with Crippen molar-refractivity contribution in [2.75, 3.05) is 18.0 Å². The standard InChI is InChI=1S/C18H23FN2/c1-2-21(17-11-6-10-16(19)14-17)13-7-12-18(20)15-8-4-3-5-9-15/h3-6,8-11,14,18H,2,7,12-13,20H2,1H3. The first kappa shape index (κ1) is 15.5. The number of halogens is 1. The highest BCUT2D eigenvalue weighted by Crippen LogP contribution is 2.19. The van der Waals surface area contributed by atoms with Gasteiger partial charge in [-0.05, 0) is 43.5 Å². The largest absolute Gasteiger partial charge is 0.372 e. The number of nitrogens with zero attached hydrogens (tertiary/aromatic N) is 1. The van der Waals surface area contributed by atoms with Crippen molar-refractivity contribution < 1.29 is 4.39 Å². The average Bonchev–Trinajstić information content (AvgIpc) is 2.52. The van der Waals surface area contributed by atoms with Gasteiger partial charge in [0.1, 0.15) is 5.82 Å². The molecular weight excluding hydrogens is 263 g/mol. The molecule has 0 aliphatic heterocycles. The molecule has 112 valence electrons. The second-order valence-electron chi connectivity index (χ2n) is 5.22. The molecule has 0 bridgehead atoms. The van der Waals surface area contributed by atoms with Gasteiger partial charge in [-0.1, -0.05) is 36.4 Å². The minimum absolute atomic E-state index is 0.0671. The fraction of sp³-hybridized carbons (Fsp3) is 0.333. The molecule has 2 rings (SSSR count). The minimum Gasteiger partial charge on any atom is -0.372 e. The molecule has 0 spiro atoms. The average molecular weight is 286 g/mol. The van der Waals surface area contributed by atoms with Crippen LogP contribution in [0, 0.1) is 5.82 Å². The summed E-state index contributed by atoms with van der Waals surface area (Å²) < 4.78 is 13.3. The first-order valence-corrected chi connectivity index (χ1v) is 7.51. The third-order valence-electron chi connectivity index (χ3n) is 3.73. The van der Waals surface area contributed by atoms with Crippen molar-refractivity contribution in [2.24, 2.45) is 5.73 Å². The van der Waals surface area contributed by atoms with E-state index in [0.717, 1.165) is 31.6 Å². The number of hydrogen-bond acceptors (Lipinski definition) is 2. The normalized spacial score (nSPS) is 12.1. The van der Waals surface area contributed by atoms with E-state index in [1.807, 2.05) is 24.3 Å². The Morgan fingerprint density at radius 2 is 1.86 bits per heavy atom. The number of rotatable bonds is 7. The van der Waals surface area contributed by atoms with Crippen molar-refractivity contribution in [3.8, 4) is 0 Å². The molecule has 1 atom stereocenters. The molecule has 0 fully saturated rings. The van der Waals surface area contributed by atoms with Crippen LogP contribution in [-0.4, -0.2) is 13.1 Å². The highest BCUT2D eigenvalue weighted by Gasteiger charge is 2.08. The van der Waals surface area contributed by atoms with Crippen LogP contribution in [0.1, 0.15) is 31.4 Å². The summed E-state index contributed by atoms with van der Waals surface area (Å²) in [6, 6.07) is 17.0. The van der Waals surface area contributed by atoms with Gasteiger partial charge in [0.05, 0.1) is 0 Å². The van der Waals surface area contributed by atoms with Crippen molar-refractivity contribution in [3.05, 3.63) is 66.0 Å². The summed E-state index contributed by atoms with van der Waals surface area (Å²) in [6.45, 7) is 3.84. The van der Waals surface area contributed by atoms with Gasteiger partial charge < -0.3 is 10.6 Å². The Morgan fingerprint density at radius 1 is 1.10 bits per heavy atom. The second kappa shape index (κ2) is 7.79. The molecule has 0 saturated carbocycles. The van der Waals surface area contributed by atoms with E-state index >= 15 is 0 Å². The maximum Gasteiger partial charge on any atom is 0.125 e. The van der Waals surface area contributed by atoms with Crippen LogP contribution in [0.5, 0.6) is 0 Å². The van der Waals surface area contributed by atoms with Crippen LogP contribution in [0.4, 0.5) is 10.1 Å². The lowest BCUT2D eigenvalue weighted by Gasteiger charge is -2.24. The molecule has 21 heavy (non-hydrogen) atoms. The summed E-state index contributed by atoms with van der Waals surface area (Å²) in [5.41, 5.74) is 8.32. The van der Waals surface area contributed by atoms with Gasteiger partial charge in [-0.25, -0.2) is 4.39 Å².